The van der Waals surface area contributed by atoms with Crippen LogP contribution in [0.3, 0.4) is 0 Å². The zero-order valence-corrected chi connectivity index (χ0v) is 12.6. The van der Waals surface area contributed by atoms with Gasteiger partial charge in [0, 0.05) is 16.5 Å². The van der Waals surface area contributed by atoms with Crippen molar-refractivity contribution in [2.45, 2.75) is 25.8 Å². The number of benzene rings is 1. The van der Waals surface area contributed by atoms with E-state index in [1.807, 2.05) is 12.1 Å². The Morgan fingerprint density at radius 2 is 2.25 bits per heavy atom. The molecule has 0 bridgehead atoms. The van der Waals surface area contributed by atoms with Crippen LogP contribution in [0.15, 0.2) is 22.7 Å². The van der Waals surface area contributed by atoms with Crippen molar-refractivity contribution in [3.63, 3.8) is 0 Å². The first-order valence-electron chi connectivity index (χ1n) is 6.63. The SMILES string of the molecule is CC1CCNC1c1nc(Cc2ccc(Cl)cc2Cl)no1. The Kier molecular flexibility index (Phi) is 3.96. The first-order chi connectivity index (χ1) is 9.63. The average molecular weight is 312 g/mol. The van der Waals surface area contributed by atoms with Gasteiger partial charge in [-0.15, -0.1) is 0 Å². The predicted octanol–water partition coefficient (Wildman–Crippen LogP) is 3.64. The number of aromatic nitrogens is 2. The first kappa shape index (κ1) is 13.9. The summed E-state index contributed by atoms with van der Waals surface area (Å²) in [5.41, 5.74) is 0.941. The molecule has 2 heterocycles. The van der Waals surface area contributed by atoms with E-state index in [0.29, 0.717) is 34.1 Å². The van der Waals surface area contributed by atoms with Gasteiger partial charge in [-0.25, -0.2) is 0 Å². The van der Waals surface area contributed by atoms with Crippen LogP contribution >= 0.6 is 23.2 Å². The molecule has 106 valence electrons. The smallest absolute Gasteiger partial charge is 0.244 e. The van der Waals surface area contributed by atoms with Gasteiger partial charge in [0.1, 0.15) is 0 Å². The molecule has 1 saturated heterocycles. The highest BCUT2D eigenvalue weighted by Crippen LogP contribution is 2.28. The van der Waals surface area contributed by atoms with Crippen molar-refractivity contribution < 1.29 is 4.52 Å². The third-order valence-electron chi connectivity index (χ3n) is 3.65. The van der Waals surface area contributed by atoms with Gasteiger partial charge in [-0.3, -0.25) is 0 Å². The van der Waals surface area contributed by atoms with Crippen molar-refractivity contribution in [1.29, 1.82) is 0 Å². The Balaban J connectivity index is 1.77. The minimum atomic E-state index is 0.164. The van der Waals surface area contributed by atoms with Crippen LogP contribution in [0.2, 0.25) is 10.0 Å². The van der Waals surface area contributed by atoms with Gasteiger partial charge < -0.3 is 9.84 Å². The lowest BCUT2D eigenvalue weighted by Crippen LogP contribution is -2.16. The van der Waals surface area contributed by atoms with Gasteiger partial charge >= 0.3 is 0 Å². The van der Waals surface area contributed by atoms with E-state index in [-0.39, 0.29) is 6.04 Å². The molecule has 2 atom stereocenters. The van der Waals surface area contributed by atoms with E-state index in [2.05, 4.69) is 22.4 Å². The fourth-order valence-electron chi connectivity index (χ4n) is 2.47. The number of nitrogens with zero attached hydrogens (tertiary/aromatic N) is 2. The molecule has 1 aliphatic heterocycles. The molecule has 2 unspecified atom stereocenters. The molecule has 0 aliphatic carbocycles. The number of rotatable bonds is 3. The molecule has 6 heteroatoms. The van der Waals surface area contributed by atoms with Crippen LogP contribution < -0.4 is 5.32 Å². The lowest BCUT2D eigenvalue weighted by Gasteiger charge is -2.09. The summed E-state index contributed by atoms with van der Waals surface area (Å²) >= 11 is 12.0. The Hall–Kier alpha value is -1.10. The second-order valence-electron chi connectivity index (χ2n) is 5.16. The molecule has 0 spiro atoms. The lowest BCUT2D eigenvalue weighted by atomic mass is 10.0. The summed E-state index contributed by atoms with van der Waals surface area (Å²) in [6.07, 6.45) is 1.67. The van der Waals surface area contributed by atoms with E-state index in [0.717, 1.165) is 18.5 Å². The normalized spacial score (nSPS) is 22.4. The number of hydrogen-bond donors (Lipinski definition) is 1. The molecule has 0 saturated carbocycles. The Bertz CT molecular complexity index is 614. The van der Waals surface area contributed by atoms with Gasteiger partial charge in [-0.05, 0) is 36.6 Å². The van der Waals surface area contributed by atoms with E-state index in [9.17, 15) is 0 Å². The molecule has 0 amide bonds. The van der Waals surface area contributed by atoms with E-state index in [1.54, 1.807) is 6.07 Å². The third kappa shape index (κ3) is 2.82. The van der Waals surface area contributed by atoms with Gasteiger partial charge in [-0.2, -0.15) is 4.98 Å². The van der Waals surface area contributed by atoms with Crippen LogP contribution in [0.5, 0.6) is 0 Å². The molecule has 1 fully saturated rings. The summed E-state index contributed by atoms with van der Waals surface area (Å²) in [5, 5.41) is 8.66. The first-order valence-corrected chi connectivity index (χ1v) is 7.39. The molecule has 20 heavy (non-hydrogen) atoms. The van der Waals surface area contributed by atoms with Crippen LogP contribution in [0.1, 0.15) is 36.7 Å². The monoisotopic (exact) mass is 311 g/mol. The van der Waals surface area contributed by atoms with Crippen LogP contribution in [-0.4, -0.2) is 16.7 Å². The van der Waals surface area contributed by atoms with Gasteiger partial charge in [0.25, 0.3) is 0 Å². The van der Waals surface area contributed by atoms with Crippen molar-refractivity contribution in [2.75, 3.05) is 6.54 Å². The second-order valence-corrected chi connectivity index (χ2v) is 6.00. The predicted molar refractivity (Wildman–Crippen MR) is 78.1 cm³/mol. The van der Waals surface area contributed by atoms with Crippen LogP contribution in [0, 0.1) is 5.92 Å². The van der Waals surface area contributed by atoms with Gasteiger partial charge in [0.05, 0.1) is 6.04 Å². The molecular weight excluding hydrogens is 297 g/mol. The number of halogens is 2. The van der Waals surface area contributed by atoms with E-state index in [4.69, 9.17) is 27.7 Å². The Morgan fingerprint density at radius 1 is 1.40 bits per heavy atom. The molecule has 0 radical (unpaired) electrons. The quantitative estimate of drug-likeness (QED) is 0.940. The molecule has 2 aromatic rings. The molecule has 1 aromatic heterocycles. The van der Waals surface area contributed by atoms with Crippen molar-refractivity contribution in [2.24, 2.45) is 5.92 Å². The highest BCUT2D eigenvalue weighted by molar-refractivity contribution is 6.35. The zero-order valence-electron chi connectivity index (χ0n) is 11.1. The molecule has 1 N–H and O–H groups in total. The standard InChI is InChI=1S/C14H15Cl2N3O/c1-8-4-5-17-13(8)14-18-12(19-20-14)6-9-2-3-10(15)7-11(9)16/h2-3,7-8,13,17H,4-6H2,1H3. The van der Waals surface area contributed by atoms with Crippen LogP contribution in [-0.2, 0) is 6.42 Å². The maximum atomic E-state index is 6.15. The van der Waals surface area contributed by atoms with Crippen molar-refractivity contribution >= 4 is 23.2 Å². The zero-order chi connectivity index (χ0) is 14.1. The number of nitrogens with one attached hydrogen (secondary N) is 1. The highest BCUT2D eigenvalue weighted by Gasteiger charge is 2.29. The summed E-state index contributed by atoms with van der Waals surface area (Å²) in [6.45, 7) is 3.18. The molecule has 4 nitrogen and oxygen atoms in total. The number of hydrogen-bond acceptors (Lipinski definition) is 4. The molecule has 1 aromatic carbocycles. The molecule has 3 rings (SSSR count). The van der Waals surface area contributed by atoms with Crippen LogP contribution in [0.4, 0.5) is 0 Å². The minimum absolute atomic E-state index is 0.164. The largest absolute Gasteiger partial charge is 0.338 e. The van der Waals surface area contributed by atoms with E-state index in [1.165, 1.54) is 0 Å². The summed E-state index contributed by atoms with van der Waals surface area (Å²) in [4.78, 5) is 4.47. The van der Waals surface area contributed by atoms with Crippen molar-refractivity contribution in [1.82, 2.24) is 15.5 Å². The molecular formula is C14H15Cl2N3O. The lowest BCUT2D eigenvalue weighted by molar-refractivity contribution is 0.317. The molecule has 1 aliphatic rings. The summed E-state index contributed by atoms with van der Waals surface area (Å²) < 4.78 is 5.36. The maximum Gasteiger partial charge on any atom is 0.244 e. The summed E-state index contributed by atoms with van der Waals surface area (Å²) in [5.74, 6) is 1.82. The Morgan fingerprint density at radius 3 is 2.95 bits per heavy atom. The summed E-state index contributed by atoms with van der Waals surface area (Å²) in [6, 6.07) is 5.58. The topological polar surface area (TPSA) is 51.0 Å². The van der Waals surface area contributed by atoms with E-state index < -0.39 is 0 Å². The van der Waals surface area contributed by atoms with Gasteiger partial charge in [0.15, 0.2) is 5.82 Å². The van der Waals surface area contributed by atoms with Gasteiger partial charge in [-0.1, -0.05) is 41.3 Å². The second kappa shape index (κ2) is 5.72. The fraction of sp³-hybridized carbons (Fsp3) is 0.429. The van der Waals surface area contributed by atoms with Crippen molar-refractivity contribution in [3.8, 4) is 0 Å². The summed E-state index contributed by atoms with van der Waals surface area (Å²) in [7, 11) is 0. The minimum Gasteiger partial charge on any atom is -0.338 e. The average Bonchev–Trinajstić information content (AvgIpc) is 3.01. The maximum absolute atomic E-state index is 6.15. The van der Waals surface area contributed by atoms with Gasteiger partial charge in [0.2, 0.25) is 5.89 Å². The third-order valence-corrected chi connectivity index (χ3v) is 4.23. The fourth-order valence-corrected chi connectivity index (χ4v) is 2.94. The van der Waals surface area contributed by atoms with E-state index >= 15 is 0 Å². The van der Waals surface area contributed by atoms with Crippen LogP contribution in [0.25, 0.3) is 0 Å². The Labute approximate surface area is 127 Å². The van der Waals surface area contributed by atoms with Crippen molar-refractivity contribution in [3.05, 3.63) is 45.5 Å². The highest BCUT2D eigenvalue weighted by atomic mass is 35.5.